The molecule has 0 heterocycles. The predicted molar refractivity (Wildman–Crippen MR) is 81.1 cm³/mol. The molecule has 0 aliphatic carbocycles. The Hall–Kier alpha value is -2.36. The number of hydrogen-bond donors (Lipinski definition) is 1. The van der Waals surface area contributed by atoms with Crippen molar-refractivity contribution < 1.29 is 4.92 Å². The number of nitrogens with zero attached hydrogens (tertiary/aromatic N) is 1. The standard InChI is InChI=1S/C16H18N2O2/c1-12-8-9-15(11-16(12)18(19)20)17-13(2)10-14-6-4-3-5-7-14/h3-9,11,13,17H,10H2,1-2H3. The lowest BCUT2D eigenvalue weighted by Gasteiger charge is -2.15. The van der Waals surface area contributed by atoms with E-state index in [4.69, 9.17) is 0 Å². The molecular weight excluding hydrogens is 252 g/mol. The Bertz CT molecular complexity index is 597. The van der Waals surface area contributed by atoms with E-state index in [9.17, 15) is 10.1 Å². The van der Waals surface area contributed by atoms with Gasteiger partial charge < -0.3 is 5.32 Å². The van der Waals surface area contributed by atoms with Crippen LogP contribution in [-0.4, -0.2) is 11.0 Å². The van der Waals surface area contributed by atoms with Crippen LogP contribution in [0.15, 0.2) is 48.5 Å². The van der Waals surface area contributed by atoms with Crippen LogP contribution in [0.4, 0.5) is 11.4 Å². The molecule has 2 aromatic carbocycles. The van der Waals surface area contributed by atoms with Gasteiger partial charge in [-0.1, -0.05) is 36.4 Å². The van der Waals surface area contributed by atoms with E-state index in [1.165, 1.54) is 5.56 Å². The van der Waals surface area contributed by atoms with Crippen LogP contribution in [0.3, 0.4) is 0 Å². The molecule has 0 fully saturated rings. The first-order chi connectivity index (χ1) is 9.56. The van der Waals surface area contributed by atoms with Crippen molar-refractivity contribution >= 4 is 11.4 Å². The Labute approximate surface area is 118 Å². The average Bonchev–Trinajstić information content (AvgIpc) is 2.41. The van der Waals surface area contributed by atoms with Gasteiger partial charge in [0.05, 0.1) is 4.92 Å². The second-order valence-corrected chi connectivity index (χ2v) is 4.99. The summed E-state index contributed by atoms with van der Waals surface area (Å²) in [6.45, 7) is 3.81. The zero-order valence-corrected chi connectivity index (χ0v) is 11.7. The van der Waals surface area contributed by atoms with Crippen LogP contribution in [0, 0.1) is 17.0 Å². The van der Waals surface area contributed by atoms with E-state index in [1.54, 1.807) is 19.1 Å². The number of hydrogen-bond acceptors (Lipinski definition) is 3. The third-order valence-electron chi connectivity index (χ3n) is 3.20. The maximum Gasteiger partial charge on any atom is 0.274 e. The van der Waals surface area contributed by atoms with Crippen LogP contribution >= 0.6 is 0 Å². The number of nitro benzene ring substituents is 1. The number of nitro groups is 1. The summed E-state index contributed by atoms with van der Waals surface area (Å²) in [7, 11) is 0. The minimum absolute atomic E-state index is 0.155. The van der Waals surface area contributed by atoms with E-state index < -0.39 is 0 Å². The molecule has 0 bridgehead atoms. The minimum Gasteiger partial charge on any atom is -0.382 e. The smallest absolute Gasteiger partial charge is 0.274 e. The highest BCUT2D eigenvalue weighted by molar-refractivity contribution is 5.55. The van der Waals surface area contributed by atoms with Gasteiger partial charge in [0.1, 0.15) is 0 Å². The topological polar surface area (TPSA) is 55.2 Å². The quantitative estimate of drug-likeness (QED) is 0.661. The van der Waals surface area contributed by atoms with Crippen molar-refractivity contribution in [2.75, 3.05) is 5.32 Å². The molecule has 4 heteroatoms. The maximum absolute atomic E-state index is 10.9. The molecule has 20 heavy (non-hydrogen) atoms. The van der Waals surface area contributed by atoms with Crippen molar-refractivity contribution in [3.8, 4) is 0 Å². The summed E-state index contributed by atoms with van der Waals surface area (Å²) < 4.78 is 0. The number of benzene rings is 2. The number of rotatable bonds is 5. The number of aryl methyl sites for hydroxylation is 1. The van der Waals surface area contributed by atoms with E-state index in [-0.39, 0.29) is 16.7 Å². The molecule has 2 aromatic rings. The molecule has 0 saturated heterocycles. The Balaban J connectivity index is 2.06. The van der Waals surface area contributed by atoms with Crippen LogP contribution in [0.2, 0.25) is 0 Å². The minimum atomic E-state index is -0.345. The molecule has 104 valence electrons. The summed E-state index contributed by atoms with van der Waals surface area (Å²) in [6, 6.07) is 15.6. The lowest BCUT2D eigenvalue weighted by atomic mass is 10.1. The summed E-state index contributed by atoms with van der Waals surface area (Å²) in [5.41, 5.74) is 2.86. The summed E-state index contributed by atoms with van der Waals surface area (Å²) >= 11 is 0. The van der Waals surface area contributed by atoms with E-state index in [2.05, 4.69) is 24.4 Å². The SMILES string of the molecule is Cc1ccc(NC(C)Cc2ccccc2)cc1[N+](=O)[O-]. The van der Waals surface area contributed by atoms with Gasteiger partial charge in [0.25, 0.3) is 5.69 Å². The first-order valence-corrected chi connectivity index (χ1v) is 6.62. The molecule has 1 atom stereocenters. The summed E-state index contributed by atoms with van der Waals surface area (Å²) in [4.78, 5) is 10.6. The lowest BCUT2D eigenvalue weighted by Crippen LogP contribution is -2.18. The van der Waals surface area contributed by atoms with Gasteiger partial charge in [0.2, 0.25) is 0 Å². The van der Waals surface area contributed by atoms with Crippen molar-refractivity contribution in [3.05, 3.63) is 69.8 Å². The van der Waals surface area contributed by atoms with Crippen molar-refractivity contribution in [1.82, 2.24) is 0 Å². The molecule has 0 amide bonds. The van der Waals surface area contributed by atoms with Crippen LogP contribution in [0.5, 0.6) is 0 Å². The molecule has 1 N–H and O–H groups in total. The van der Waals surface area contributed by atoms with Crippen LogP contribution in [0.1, 0.15) is 18.1 Å². The molecule has 2 rings (SSSR count). The van der Waals surface area contributed by atoms with Crippen LogP contribution in [0.25, 0.3) is 0 Å². The fraction of sp³-hybridized carbons (Fsp3) is 0.250. The fourth-order valence-corrected chi connectivity index (χ4v) is 2.20. The van der Waals surface area contributed by atoms with E-state index in [0.29, 0.717) is 5.56 Å². The van der Waals surface area contributed by atoms with Crippen molar-refractivity contribution in [3.63, 3.8) is 0 Å². The first-order valence-electron chi connectivity index (χ1n) is 6.62. The highest BCUT2D eigenvalue weighted by atomic mass is 16.6. The van der Waals surface area contributed by atoms with Gasteiger partial charge in [-0.05, 0) is 31.9 Å². The third kappa shape index (κ3) is 3.57. The van der Waals surface area contributed by atoms with Crippen molar-refractivity contribution in [2.45, 2.75) is 26.3 Å². The molecule has 0 aromatic heterocycles. The second kappa shape index (κ2) is 6.19. The molecule has 0 spiro atoms. The Morgan fingerprint density at radius 2 is 1.90 bits per heavy atom. The van der Waals surface area contributed by atoms with Gasteiger partial charge >= 0.3 is 0 Å². The molecule has 0 aliphatic rings. The molecule has 4 nitrogen and oxygen atoms in total. The highest BCUT2D eigenvalue weighted by Crippen LogP contribution is 2.23. The predicted octanol–water partition coefficient (Wildman–Crippen LogP) is 3.95. The van der Waals surface area contributed by atoms with Gasteiger partial charge in [-0.25, -0.2) is 0 Å². The summed E-state index contributed by atoms with van der Waals surface area (Å²) in [5.74, 6) is 0. The number of anilines is 1. The van der Waals surface area contributed by atoms with Gasteiger partial charge in [-0.3, -0.25) is 10.1 Å². The summed E-state index contributed by atoms with van der Waals surface area (Å²) in [6.07, 6.45) is 0.877. The second-order valence-electron chi connectivity index (χ2n) is 4.99. The van der Waals surface area contributed by atoms with Gasteiger partial charge in [-0.2, -0.15) is 0 Å². The first kappa shape index (κ1) is 14.1. The Kier molecular flexibility index (Phi) is 4.35. The van der Waals surface area contributed by atoms with Gasteiger partial charge in [-0.15, -0.1) is 0 Å². The monoisotopic (exact) mass is 270 g/mol. The Morgan fingerprint density at radius 1 is 1.20 bits per heavy atom. The van der Waals surface area contributed by atoms with Crippen molar-refractivity contribution in [1.29, 1.82) is 0 Å². The zero-order chi connectivity index (χ0) is 14.5. The third-order valence-corrected chi connectivity index (χ3v) is 3.20. The van der Waals surface area contributed by atoms with Gasteiger partial charge in [0, 0.05) is 23.4 Å². The number of nitrogens with one attached hydrogen (secondary N) is 1. The lowest BCUT2D eigenvalue weighted by molar-refractivity contribution is -0.385. The highest BCUT2D eigenvalue weighted by Gasteiger charge is 2.12. The van der Waals surface area contributed by atoms with Crippen molar-refractivity contribution in [2.24, 2.45) is 0 Å². The fourth-order valence-electron chi connectivity index (χ4n) is 2.20. The average molecular weight is 270 g/mol. The van der Waals surface area contributed by atoms with E-state index >= 15 is 0 Å². The van der Waals surface area contributed by atoms with Gasteiger partial charge in [0.15, 0.2) is 0 Å². The molecule has 0 saturated carbocycles. The molecule has 0 aliphatic heterocycles. The molecule has 0 radical (unpaired) electrons. The molecular formula is C16H18N2O2. The van der Waals surface area contributed by atoms with Crippen LogP contribution in [-0.2, 0) is 6.42 Å². The van der Waals surface area contributed by atoms with E-state index in [0.717, 1.165) is 12.1 Å². The van der Waals surface area contributed by atoms with Crippen LogP contribution < -0.4 is 5.32 Å². The maximum atomic E-state index is 10.9. The largest absolute Gasteiger partial charge is 0.382 e. The summed E-state index contributed by atoms with van der Waals surface area (Å²) in [5, 5.41) is 14.2. The zero-order valence-electron chi connectivity index (χ0n) is 11.7. The normalized spacial score (nSPS) is 11.9. The molecule has 1 unspecified atom stereocenters. The van der Waals surface area contributed by atoms with E-state index in [1.807, 2.05) is 24.3 Å². The Morgan fingerprint density at radius 3 is 2.55 bits per heavy atom.